The summed E-state index contributed by atoms with van der Waals surface area (Å²) in [6.45, 7) is 6.79. The van der Waals surface area contributed by atoms with Crippen molar-refractivity contribution in [2.45, 2.75) is 39.3 Å². The number of hydrogen-bond acceptors (Lipinski definition) is 5. The fraction of sp³-hybridized carbons (Fsp3) is 0.500. The molecule has 0 saturated carbocycles. The second-order valence-electron chi connectivity index (χ2n) is 5.10. The number of halogens is 1. The Morgan fingerprint density at radius 2 is 1.85 bits per heavy atom. The van der Waals surface area contributed by atoms with Gasteiger partial charge in [-0.1, -0.05) is 0 Å². The van der Waals surface area contributed by atoms with Crippen molar-refractivity contribution >= 4 is 33.6 Å². The Hall–Kier alpha value is -1.70. The average Bonchev–Trinajstić information content (AvgIpc) is 2.29. The summed E-state index contributed by atoms with van der Waals surface area (Å²) in [7, 11) is 0. The Morgan fingerprint density at radius 3 is 2.35 bits per heavy atom. The summed E-state index contributed by atoms with van der Waals surface area (Å²) in [5.41, 5.74) is -0.171. The maximum Gasteiger partial charge on any atom is 0.408 e. The van der Waals surface area contributed by atoms with Crippen molar-refractivity contribution in [3.8, 4) is 0 Å². The molecule has 0 bridgehead atoms. The van der Waals surface area contributed by atoms with E-state index >= 15 is 0 Å². The van der Waals surface area contributed by atoms with Crippen LogP contribution >= 0.6 is 15.9 Å². The lowest BCUT2D eigenvalue weighted by molar-refractivity contribution is -0.117. The van der Waals surface area contributed by atoms with E-state index in [-0.39, 0.29) is 5.91 Å². The molecular weight excluding hydrogens is 328 g/mol. The van der Waals surface area contributed by atoms with Crippen molar-refractivity contribution in [2.24, 2.45) is 0 Å². The van der Waals surface area contributed by atoms with Gasteiger partial charge in [-0.15, -0.1) is 0 Å². The molecule has 1 heterocycles. The molecular formula is C12H17BrN4O3. The van der Waals surface area contributed by atoms with Gasteiger partial charge in [-0.05, 0) is 43.6 Å². The molecule has 0 unspecified atom stereocenters. The van der Waals surface area contributed by atoms with Crippen LogP contribution in [0.25, 0.3) is 0 Å². The van der Waals surface area contributed by atoms with E-state index in [4.69, 9.17) is 4.74 Å². The first-order valence-corrected chi connectivity index (χ1v) is 6.74. The normalized spacial score (nSPS) is 12.4. The molecule has 1 aromatic rings. The van der Waals surface area contributed by atoms with Gasteiger partial charge in [0.1, 0.15) is 11.6 Å². The molecule has 0 aliphatic heterocycles. The van der Waals surface area contributed by atoms with Gasteiger partial charge in [-0.3, -0.25) is 4.79 Å². The van der Waals surface area contributed by atoms with E-state index in [1.165, 1.54) is 12.4 Å². The zero-order valence-corrected chi connectivity index (χ0v) is 13.3. The Morgan fingerprint density at radius 1 is 1.30 bits per heavy atom. The van der Waals surface area contributed by atoms with Crippen molar-refractivity contribution in [3.63, 3.8) is 0 Å². The molecule has 20 heavy (non-hydrogen) atoms. The summed E-state index contributed by atoms with van der Waals surface area (Å²) in [5.74, 6) is -0.387. The first-order chi connectivity index (χ1) is 9.17. The van der Waals surface area contributed by atoms with E-state index < -0.39 is 17.7 Å². The van der Waals surface area contributed by atoms with Gasteiger partial charge in [0.05, 0.1) is 18.1 Å². The molecule has 1 aromatic heterocycles. The molecule has 8 heteroatoms. The third-order valence-electron chi connectivity index (χ3n) is 2.01. The molecule has 2 amide bonds. The van der Waals surface area contributed by atoms with Gasteiger partial charge in [0.2, 0.25) is 5.91 Å². The molecule has 0 saturated heterocycles. The van der Waals surface area contributed by atoms with Crippen molar-refractivity contribution in [3.05, 3.63) is 17.1 Å². The summed E-state index contributed by atoms with van der Waals surface area (Å²) in [4.78, 5) is 31.1. The van der Waals surface area contributed by atoms with Gasteiger partial charge in [0.25, 0.3) is 0 Å². The Balaban J connectivity index is 2.51. The van der Waals surface area contributed by atoms with Crippen LogP contribution in [0.4, 0.5) is 10.5 Å². The molecule has 1 atom stereocenters. The first-order valence-electron chi connectivity index (χ1n) is 5.95. The summed E-state index contributed by atoms with van der Waals surface area (Å²) in [6.07, 6.45) is 2.26. The Bertz CT molecular complexity index is 484. The average molecular weight is 345 g/mol. The number of carbonyl (C=O) groups excluding carboxylic acids is 2. The summed E-state index contributed by atoms with van der Waals surface area (Å²) in [6, 6.07) is -0.742. The van der Waals surface area contributed by atoms with Crippen LogP contribution in [0.1, 0.15) is 27.7 Å². The van der Waals surface area contributed by atoms with Gasteiger partial charge in [-0.25, -0.2) is 14.8 Å². The fourth-order valence-electron chi connectivity index (χ4n) is 1.18. The quantitative estimate of drug-likeness (QED) is 0.819. The number of nitrogens with zero attached hydrogens (tertiary/aromatic N) is 2. The third kappa shape index (κ3) is 5.96. The topological polar surface area (TPSA) is 93.2 Å². The molecule has 2 N–H and O–H groups in total. The van der Waals surface area contributed by atoms with Crippen molar-refractivity contribution < 1.29 is 14.3 Å². The molecule has 0 aliphatic carbocycles. The van der Waals surface area contributed by atoms with Crippen LogP contribution in [0.5, 0.6) is 0 Å². The van der Waals surface area contributed by atoms with Crippen LogP contribution in [0.3, 0.4) is 0 Å². The van der Waals surface area contributed by atoms with Crippen LogP contribution in [-0.2, 0) is 9.53 Å². The van der Waals surface area contributed by atoms with Crippen LogP contribution in [-0.4, -0.2) is 33.6 Å². The third-order valence-corrected chi connectivity index (χ3v) is 2.42. The first kappa shape index (κ1) is 16.4. The number of carbonyl (C=O) groups is 2. The molecule has 0 spiro atoms. The number of aromatic nitrogens is 2. The highest BCUT2D eigenvalue weighted by Gasteiger charge is 2.21. The van der Waals surface area contributed by atoms with E-state index in [1.54, 1.807) is 27.7 Å². The van der Waals surface area contributed by atoms with Gasteiger partial charge in [-0.2, -0.15) is 0 Å². The van der Waals surface area contributed by atoms with Crippen molar-refractivity contribution in [2.75, 3.05) is 5.32 Å². The van der Waals surface area contributed by atoms with E-state index in [0.29, 0.717) is 10.4 Å². The number of alkyl carbamates (subject to hydrolysis) is 1. The highest BCUT2D eigenvalue weighted by atomic mass is 79.9. The van der Waals surface area contributed by atoms with E-state index in [1.807, 2.05) is 0 Å². The van der Waals surface area contributed by atoms with Crippen molar-refractivity contribution in [1.29, 1.82) is 0 Å². The van der Waals surface area contributed by atoms with Crippen molar-refractivity contribution in [1.82, 2.24) is 15.3 Å². The standard InChI is InChI=1S/C12H17BrN4O3/c1-7(16-11(19)20-12(2,3)4)9(18)17-8-5-14-10(13)15-6-8/h5-7H,1-4H3,(H,16,19)(H,17,18)/t7-/m1/s1. The lowest BCUT2D eigenvalue weighted by Crippen LogP contribution is -2.44. The fourth-order valence-corrected chi connectivity index (χ4v) is 1.38. The maximum atomic E-state index is 11.8. The molecule has 1 rings (SSSR count). The molecule has 0 radical (unpaired) electrons. The van der Waals surface area contributed by atoms with Gasteiger partial charge >= 0.3 is 6.09 Å². The minimum absolute atomic E-state index is 0.387. The number of ether oxygens (including phenoxy) is 1. The van der Waals surface area contributed by atoms with E-state index in [0.717, 1.165) is 0 Å². The van der Waals surface area contributed by atoms with E-state index in [2.05, 4.69) is 36.5 Å². The van der Waals surface area contributed by atoms with E-state index in [9.17, 15) is 9.59 Å². The highest BCUT2D eigenvalue weighted by Crippen LogP contribution is 2.08. The van der Waals surface area contributed by atoms with Gasteiger partial charge in [0, 0.05) is 0 Å². The minimum atomic E-state index is -0.742. The lowest BCUT2D eigenvalue weighted by Gasteiger charge is -2.21. The SMILES string of the molecule is C[C@@H](NC(=O)OC(C)(C)C)C(=O)Nc1cnc(Br)nc1. The number of anilines is 1. The Kier molecular flexibility index (Phi) is 5.43. The molecule has 0 fully saturated rings. The lowest BCUT2D eigenvalue weighted by atomic mass is 10.2. The van der Waals surface area contributed by atoms with Crippen LogP contribution in [0, 0.1) is 0 Å². The maximum absolute atomic E-state index is 11.8. The van der Waals surface area contributed by atoms with Crippen LogP contribution in [0.15, 0.2) is 17.1 Å². The zero-order valence-electron chi connectivity index (χ0n) is 11.7. The summed E-state index contributed by atoms with van der Waals surface area (Å²) >= 11 is 3.09. The summed E-state index contributed by atoms with van der Waals surface area (Å²) < 4.78 is 5.49. The van der Waals surface area contributed by atoms with Gasteiger partial charge in [0.15, 0.2) is 4.73 Å². The predicted molar refractivity (Wildman–Crippen MR) is 77.2 cm³/mol. The second-order valence-corrected chi connectivity index (χ2v) is 5.81. The molecule has 110 valence electrons. The molecule has 0 aromatic carbocycles. The summed E-state index contributed by atoms with van der Waals surface area (Å²) in [5, 5.41) is 5.03. The predicted octanol–water partition coefficient (Wildman–Crippen LogP) is 2.09. The Labute approximate surface area is 125 Å². The number of hydrogen-bond donors (Lipinski definition) is 2. The zero-order chi connectivity index (χ0) is 15.3. The molecule has 0 aliphatic rings. The number of amides is 2. The molecule has 7 nitrogen and oxygen atoms in total. The minimum Gasteiger partial charge on any atom is -0.444 e. The van der Waals surface area contributed by atoms with Crippen LogP contribution in [0.2, 0.25) is 0 Å². The monoisotopic (exact) mass is 344 g/mol. The number of rotatable bonds is 3. The van der Waals surface area contributed by atoms with Gasteiger partial charge < -0.3 is 15.4 Å². The van der Waals surface area contributed by atoms with Crippen LogP contribution < -0.4 is 10.6 Å². The second kappa shape index (κ2) is 6.65. The number of nitrogens with one attached hydrogen (secondary N) is 2. The smallest absolute Gasteiger partial charge is 0.408 e. The largest absolute Gasteiger partial charge is 0.444 e. The highest BCUT2D eigenvalue weighted by molar-refractivity contribution is 9.10.